The van der Waals surface area contributed by atoms with Gasteiger partial charge in [0.15, 0.2) is 0 Å². The van der Waals surface area contributed by atoms with Crippen molar-refractivity contribution in [2.75, 3.05) is 7.11 Å². The largest absolute Gasteiger partial charge is 0.479 e. The van der Waals surface area contributed by atoms with Gasteiger partial charge in [0.2, 0.25) is 5.91 Å². The molecule has 1 unspecified atom stereocenters. The lowest BCUT2D eigenvalue weighted by molar-refractivity contribution is -0.123. The molecule has 1 fully saturated rings. The van der Waals surface area contributed by atoms with Crippen LogP contribution in [0.2, 0.25) is 0 Å². The molecule has 6 heteroatoms. The topological polar surface area (TPSA) is 73.6 Å². The quantitative estimate of drug-likeness (QED) is 0.535. The van der Waals surface area contributed by atoms with Crippen LogP contribution in [0.4, 0.5) is 0 Å². The van der Waals surface area contributed by atoms with Crippen LogP contribution in [0, 0.1) is 5.92 Å². The highest BCUT2D eigenvalue weighted by molar-refractivity contribution is 5.87. The zero-order valence-corrected chi connectivity index (χ0v) is 17.5. The van der Waals surface area contributed by atoms with Crippen molar-refractivity contribution in [3.8, 4) is 5.88 Å². The molecule has 0 spiro atoms. The summed E-state index contributed by atoms with van der Waals surface area (Å²) in [4.78, 5) is 12.4. The molecule has 1 aromatic rings. The van der Waals surface area contributed by atoms with E-state index in [9.17, 15) is 4.79 Å². The second-order valence-corrected chi connectivity index (χ2v) is 7.52. The maximum absolute atomic E-state index is 12.4. The molecule has 1 aromatic heterocycles. The van der Waals surface area contributed by atoms with Gasteiger partial charge in [-0.1, -0.05) is 44.2 Å². The van der Waals surface area contributed by atoms with Crippen molar-refractivity contribution in [3.05, 3.63) is 48.3 Å². The average molecular weight is 389 g/mol. The third-order valence-electron chi connectivity index (χ3n) is 5.24. The van der Waals surface area contributed by atoms with Crippen molar-refractivity contribution in [3.63, 3.8) is 0 Å². The number of rotatable bonds is 8. The van der Waals surface area contributed by atoms with Crippen molar-refractivity contribution in [2.45, 2.75) is 64.7 Å². The standard InChI is InChI=1S/C22H32N2O4/c1-7-14(2)8-10-19-16(4)12-18(17(5)27-19)23-21(25)11-9-15(3)20-13-22(26-6)24-28-20/h7-9,11,13,15-19H,1,10,12H2,2-6H3,(H,23,25)/b11-9-,14-8+/t15?,16-,17+,18+,19-/m0/s1. The van der Waals surface area contributed by atoms with Gasteiger partial charge in [-0.15, -0.1) is 0 Å². The smallest absolute Gasteiger partial charge is 0.254 e. The molecule has 5 atom stereocenters. The van der Waals surface area contributed by atoms with E-state index in [4.69, 9.17) is 14.0 Å². The minimum Gasteiger partial charge on any atom is -0.479 e. The first-order chi connectivity index (χ1) is 13.3. The number of ether oxygens (including phenoxy) is 2. The summed E-state index contributed by atoms with van der Waals surface area (Å²) in [5.74, 6) is 1.22. The van der Waals surface area contributed by atoms with Crippen molar-refractivity contribution in [1.82, 2.24) is 10.5 Å². The predicted octanol–water partition coefficient (Wildman–Crippen LogP) is 4.16. The van der Waals surface area contributed by atoms with E-state index in [1.165, 1.54) is 7.11 Å². The SMILES string of the molecule is C=C/C(C)=C/C[C@@H]1O[C@H](C)[C@H](NC(=O)/C=C\C(C)c2cc(OC)no2)C[C@@H]1C. The number of nitrogens with zero attached hydrogens (tertiary/aromatic N) is 1. The summed E-state index contributed by atoms with van der Waals surface area (Å²) >= 11 is 0. The zero-order valence-electron chi connectivity index (χ0n) is 17.5. The monoisotopic (exact) mass is 388 g/mol. The zero-order chi connectivity index (χ0) is 20.7. The highest BCUT2D eigenvalue weighted by atomic mass is 16.5. The number of carbonyl (C=O) groups excluding carboxylic acids is 1. The van der Waals surface area contributed by atoms with Gasteiger partial charge in [-0.05, 0) is 43.8 Å². The van der Waals surface area contributed by atoms with Gasteiger partial charge in [0, 0.05) is 12.0 Å². The van der Waals surface area contributed by atoms with Crippen LogP contribution in [0.1, 0.15) is 52.2 Å². The molecule has 0 aliphatic carbocycles. The third-order valence-corrected chi connectivity index (χ3v) is 5.24. The summed E-state index contributed by atoms with van der Waals surface area (Å²) in [5.41, 5.74) is 1.16. The van der Waals surface area contributed by atoms with Gasteiger partial charge in [0.05, 0.1) is 25.4 Å². The summed E-state index contributed by atoms with van der Waals surface area (Å²) in [6, 6.07) is 1.71. The van der Waals surface area contributed by atoms with Gasteiger partial charge < -0.3 is 19.3 Å². The van der Waals surface area contributed by atoms with E-state index in [-0.39, 0.29) is 30.1 Å². The number of hydrogen-bond donors (Lipinski definition) is 1. The number of methoxy groups -OCH3 is 1. The summed E-state index contributed by atoms with van der Waals surface area (Å²) in [6.07, 6.45) is 9.22. The maximum Gasteiger partial charge on any atom is 0.254 e. The lowest BCUT2D eigenvalue weighted by atomic mass is 9.88. The molecule has 154 valence electrons. The van der Waals surface area contributed by atoms with Crippen LogP contribution in [-0.4, -0.2) is 36.4 Å². The van der Waals surface area contributed by atoms with E-state index in [0.717, 1.165) is 18.4 Å². The van der Waals surface area contributed by atoms with E-state index in [2.05, 4.69) is 30.1 Å². The van der Waals surface area contributed by atoms with Gasteiger partial charge in [-0.3, -0.25) is 4.79 Å². The molecule has 6 nitrogen and oxygen atoms in total. The fraction of sp³-hybridized carbons (Fsp3) is 0.545. The van der Waals surface area contributed by atoms with Crippen LogP contribution < -0.4 is 10.1 Å². The molecule has 2 heterocycles. The number of amides is 1. The van der Waals surface area contributed by atoms with Gasteiger partial charge in [-0.2, -0.15) is 0 Å². The Morgan fingerprint density at radius 3 is 2.89 bits per heavy atom. The predicted molar refractivity (Wildman–Crippen MR) is 109 cm³/mol. The van der Waals surface area contributed by atoms with Crippen molar-refractivity contribution >= 4 is 5.91 Å². The Hall–Kier alpha value is -2.34. The van der Waals surface area contributed by atoms with Crippen molar-refractivity contribution < 1.29 is 18.8 Å². The molecule has 1 amide bonds. The number of aromatic nitrogens is 1. The van der Waals surface area contributed by atoms with Crippen LogP contribution >= 0.6 is 0 Å². The molecule has 1 aliphatic heterocycles. The molecule has 1 saturated heterocycles. The second-order valence-electron chi connectivity index (χ2n) is 7.52. The molecule has 1 aliphatic rings. The third kappa shape index (κ3) is 6.09. The van der Waals surface area contributed by atoms with E-state index < -0.39 is 0 Å². The highest BCUT2D eigenvalue weighted by Crippen LogP contribution is 2.28. The van der Waals surface area contributed by atoms with Crippen molar-refractivity contribution in [1.29, 1.82) is 0 Å². The normalized spacial score (nSPS) is 26.8. The Kier molecular flexibility index (Phi) is 8.05. The first-order valence-corrected chi connectivity index (χ1v) is 9.78. The Morgan fingerprint density at radius 1 is 1.50 bits per heavy atom. The maximum atomic E-state index is 12.4. The number of carbonyl (C=O) groups is 1. The number of nitrogens with one attached hydrogen (secondary N) is 1. The molecule has 0 radical (unpaired) electrons. The summed E-state index contributed by atoms with van der Waals surface area (Å²) < 4.78 is 16.4. The molecular weight excluding hydrogens is 356 g/mol. The minimum atomic E-state index is -0.133. The summed E-state index contributed by atoms with van der Waals surface area (Å²) in [7, 11) is 1.53. The first kappa shape index (κ1) is 22.0. The van der Waals surface area contributed by atoms with E-state index in [0.29, 0.717) is 17.6 Å². The van der Waals surface area contributed by atoms with Gasteiger partial charge in [-0.25, -0.2) is 0 Å². The Balaban J connectivity index is 1.87. The molecule has 28 heavy (non-hydrogen) atoms. The average Bonchev–Trinajstić information content (AvgIpc) is 3.16. The van der Waals surface area contributed by atoms with Crippen LogP contribution in [0.25, 0.3) is 0 Å². The summed E-state index contributed by atoms with van der Waals surface area (Å²) in [5, 5.41) is 6.84. The number of hydrogen-bond acceptors (Lipinski definition) is 5. The minimum absolute atomic E-state index is 0.00596. The first-order valence-electron chi connectivity index (χ1n) is 9.78. The molecular formula is C22H32N2O4. The van der Waals surface area contributed by atoms with Gasteiger partial charge >= 0.3 is 0 Å². The van der Waals surface area contributed by atoms with E-state index in [1.54, 1.807) is 18.2 Å². The second kappa shape index (κ2) is 10.3. The molecule has 0 bridgehead atoms. The van der Waals surface area contributed by atoms with Crippen LogP contribution in [-0.2, 0) is 9.53 Å². The van der Waals surface area contributed by atoms with E-state index in [1.807, 2.05) is 26.8 Å². The lowest BCUT2D eigenvalue weighted by Gasteiger charge is -2.39. The highest BCUT2D eigenvalue weighted by Gasteiger charge is 2.33. The Bertz CT molecular complexity index is 722. The molecule has 2 rings (SSSR count). The van der Waals surface area contributed by atoms with Crippen LogP contribution in [0.5, 0.6) is 5.88 Å². The Labute approximate surface area is 167 Å². The van der Waals surface area contributed by atoms with Crippen LogP contribution in [0.3, 0.4) is 0 Å². The van der Waals surface area contributed by atoms with Crippen LogP contribution in [0.15, 0.2) is 47.0 Å². The molecule has 0 aromatic carbocycles. The Morgan fingerprint density at radius 2 is 2.25 bits per heavy atom. The lowest BCUT2D eigenvalue weighted by Crippen LogP contribution is -2.50. The van der Waals surface area contributed by atoms with E-state index >= 15 is 0 Å². The molecule has 1 N–H and O–H groups in total. The van der Waals surface area contributed by atoms with Crippen molar-refractivity contribution in [2.24, 2.45) is 5.92 Å². The number of allylic oxidation sites excluding steroid dienone is 3. The summed E-state index contributed by atoms with van der Waals surface area (Å²) in [6.45, 7) is 11.9. The fourth-order valence-corrected chi connectivity index (χ4v) is 3.24. The molecule has 0 saturated carbocycles. The van der Waals surface area contributed by atoms with Gasteiger partial charge in [0.1, 0.15) is 5.76 Å². The fourth-order valence-electron chi connectivity index (χ4n) is 3.24. The van der Waals surface area contributed by atoms with Gasteiger partial charge in [0.25, 0.3) is 5.88 Å².